The van der Waals surface area contributed by atoms with Gasteiger partial charge in [0.25, 0.3) is 0 Å². The number of hydrogen-bond donors (Lipinski definition) is 1. The van der Waals surface area contributed by atoms with Crippen LogP contribution in [0.5, 0.6) is 0 Å². The van der Waals surface area contributed by atoms with Gasteiger partial charge < -0.3 is 4.98 Å². The van der Waals surface area contributed by atoms with E-state index in [2.05, 4.69) is 11.6 Å². The lowest BCUT2D eigenvalue weighted by atomic mass is 10.6. The molecule has 52 valence electrons. The maximum Gasteiger partial charge on any atom is 0.249 e. The fraction of sp³-hybridized carbons (Fsp3) is 0.400. The number of halogens is 1. The summed E-state index contributed by atoms with van der Waals surface area (Å²) in [7, 11) is -1.94. The normalized spacial score (nSPS) is 10.6. The minimum atomic E-state index is -1.94. The number of carbonyl (C=O) groups excluding carboxylic acids is 1. The summed E-state index contributed by atoms with van der Waals surface area (Å²) >= 11 is 5.77. The van der Waals surface area contributed by atoms with Crippen LogP contribution in [0.2, 0.25) is 13.1 Å². The molecule has 0 fully saturated rings. The second-order valence-electron chi connectivity index (χ2n) is 2.17. The predicted molar refractivity (Wildman–Crippen MR) is 41.7 cm³/mol. The molecule has 0 spiro atoms. The van der Waals surface area contributed by atoms with Gasteiger partial charge >= 0.3 is 0 Å². The highest BCUT2D eigenvalue weighted by Crippen LogP contribution is 2.00. The average Bonchev–Trinajstić information content (AvgIpc) is 1.62. The molecule has 4 heteroatoms. The standard InChI is InChI=1S/C5H10ClNOSi/c1-4-5(8)7-9(2,3)6/h4H,1H2,2-3H3,(H,7,8). The summed E-state index contributed by atoms with van der Waals surface area (Å²) in [6, 6.07) is 0. The summed E-state index contributed by atoms with van der Waals surface area (Å²) in [4.78, 5) is 13.2. The van der Waals surface area contributed by atoms with E-state index in [4.69, 9.17) is 11.1 Å². The third kappa shape index (κ3) is 5.59. The van der Waals surface area contributed by atoms with Gasteiger partial charge in [0.05, 0.1) is 0 Å². The quantitative estimate of drug-likeness (QED) is 0.371. The first-order valence-electron chi connectivity index (χ1n) is 2.59. The van der Waals surface area contributed by atoms with E-state index in [-0.39, 0.29) is 5.91 Å². The van der Waals surface area contributed by atoms with Crippen LogP contribution in [0.25, 0.3) is 0 Å². The van der Waals surface area contributed by atoms with Crippen molar-refractivity contribution in [2.45, 2.75) is 13.1 Å². The SMILES string of the molecule is C=CC(=O)N[Si](C)(C)Cl. The van der Waals surface area contributed by atoms with Crippen molar-refractivity contribution in [2.75, 3.05) is 0 Å². The minimum absolute atomic E-state index is 0.193. The van der Waals surface area contributed by atoms with Crippen molar-refractivity contribution in [1.29, 1.82) is 0 Å². The van der Waals surface area contributed by atoms with Gasteiger partial charge in [-0.05, 0) is 19.2 Å². The molecule has 0 aliphatic rings. The zero-order chi connectivity index (χ0) is 7.49. The highest BCUT2D eigenvalue weighted by molar-refractivity contribution is 7.18. The summed E-state index contributed by atoms with van der Waals surface area (Å²) in [5, 5.41) is 0. The van der Waals surface area contributed by atoms with Gasteiger partial charge in [0.2, 0.25) is 13.5 Å². The van der Waals surface area contributed by atoms with Crippen molar-refractivity contribution in [3.8, 4) is 0 Å². The van der Waals surface area contributed by atoms with Gasteiger partial charge in [-0.25, -0.2) is 0 Å². The molecule has 0 saturated heterocycles. The molecule has 0 radical (unpaired) electrons. The van der Waals surface area contributed by atoms with Crippen molar-refractivity contribution in [1.82, 2.24) is 4.98 Å². The summed E-state index contributed by atoms with van der Waals surface area (Å²) < 4.78 is 0. The summed E-state index contributed by atoms with van der Waals surface area (Å²) in [5.74, 6) is -0.193. The number of carbonyl (C=O) groups is 1. The Morgan fingerprint density at radius 3 is 2.33 bits per heavy atom. The van der Waals surface area contributed by atoms with Crippen LogP contribution in [-0.4, -0.2) is 13.5 Å². The minimum Gasteiger partial charge on any atom is -0.366 e. The van der Waals surface area contributed by atoms with Crippen LogP contribution >= 0.6 is 11.1 Å². The Labute approximate surface area is 60.7 Å². The number of nitrogens with one attached hydrogen (secondary N) is 1. The van der Waals surface area contributed by atoms with Crippen molar-refractivity contribution < 1.29 is 4.79 Å². The maximum absolute atomic E-state index is 10.5. The van der Waals surface area contributed by atoms with E-state index in [0.717, 1.165) is 0 Å². The molecule has 0 aromatic rings. The Morgan fingerprint density at radius 2 is 2.22 bits per heavy atom. The van der Waals surface area contributed by atoms with Gasteiger partial charge in [0, 0.05) is 0 Å². The third-order valence-corrected chi connectivity index (χ3v) is 1.73. The van der Waals surface area contributed by atoms with E-state index in [1.807, 2.05) is 13.1 Å². The number of amides is 1. The van der Waals surface area contributed by atoms with E-state index in [1.54, 1.807) is 0 Å². The molecule has 0 aliphatic heterocycles. The topological polar surface area (TPSA) is 29.1 Å². The molecular formula is C5H10ClNOSi. The van der Waals surface area contributed by atoms with Crippen LogP contribution < -0.4 is 4.98 Å². The Balaban J connectivity index is 3.74. The Kier molecular flexibility index (Phi) is 2.94. The van der Waals surface area contributed by atoms with Crippen molar-refractivity contribution >= 4 is 24.5 Å². The number of hydrogen-bond acceptors (Lipinski definition) is 1. The molecule has 0 heterocycles. The van der Waals surface area contributed by atoms with Crippen LogP contribution in [0.3, 0.4) is 0 Å². The van der Waals surface area contributed by atoms with Gasteiger partial charge in [0.15, 0.2) is 0 Å². The zero-order valence-corrected chi connectivity index (χ0v) is 7.33. The fourth-order valence-corrected chi connectivity index (χ4v) is 1.31. The van der Waals surface area contributed by atoms with Crippen molar-refractivity contribution in [2.24, 2.45) is 0 Å². The molecule has 9 heavy (non-hydrogen) atoms. The molecule has 0 saturated carbocycles. The molecule has 1 amide bonds. The summed E-state index contributed by atoms with van der Waals surface area (Å²) in [5.41, 5.74) is 0. The lowest BCUT2D eigenvalue weighted by Crippen LogP contribution is -2.42. The highest BCUT2D eigenvalue weighted by Gasteiger charge is 2.17. The van der Waals surface area contributed by atoms with E-state index >= 15 is 0 Å². The molecule has 0 atom stereocenters. The highest BCUT2D eigenvalue weighted by atomic mass is 35.6. The Morgan fingerprint density at radius 1 is 1.78 bits per heavy atom. The van der Waals surface area contributed by atoms with Crippen LogP contribution in [-0.2, 0) is 4.79 Å². The Hall–Kier alpha value is -0.283. The van der Waals surface area contributed by atoms with Crippen LogP contribution in [0.15, 0.2) is 12.7 Å². The lowest BCUT2D eigenvalue weighted by molar-refractivity contribution is -0.115. The van der Waals surface area contributed by atoms with E-state index in [9.17, 15) is 4.79 Å². The second kappa shape index (κ2) is 3.03. The molecule has 0 aliphatic carbocycles. The van der Waals surface area contributed by atoms with Gasteiger partial charge in [-0.3, -0.25) is 4.79 Å². The molecule has 0 aromatic carbocycles. The van der Waals surface area contributed by atoms with Crippen LogP contribution in [0, 0.1) is 0 Å². The van der Waals surface area contributed by atoms with Crippen molar-refractivity contribution in [3.63, 3.8) is 0 Å². The lowest BCUT2D eigenvalue weighted by Gasteiger charge is -2.12. The van der Waals surface area contributed by atoms with Gasteiger partial charge in [0.1, 0.15) is 0 Å². The average molecular weight is 164 g/mol. The molecule has 0 bridgehead atoms. The molecule has 0 aromatic heterocycles. The number of rotatable bonds is 2. The largest absolute Gasteiger partial charge is 0.366 e. The van der Waals surface area contributed by atoms with Crippen LogP contribution in [0.1, 0.15) is 0 Å². The van der Waals surface area contributed by atoms with E-state index < -0.39 is 7.55 Å². The molecular weight excluding hydrogens is 154 g/mol. The zero-order valence-electron chi connectivity index (χ0n) is 5.57. The molecule has 0 unspecified atom stereocenters. The first-order chi connectivity index (χ1) is 3.95. The first kappa shape index (κ1) is 8.72. The van der Waals surface area contributed by atoms with Gasteiger partial charge in [-0.15, -0.1) is 11.1 Å². The van der Waals surface area contributed by atoms with Crippen molar-refractivity contribution in [3.05, 3.63) is 12.7 Å². The van der Waals surface area contributed by atoms with Gasteiger partial charge in [-0.2, -0.15) is 0 Å². The van der Waals surface area contributed by atoms with E-state index in [0.29, 0.717) is 0 Å². The summed E-state index contributed by atoms with van der Waals surface area (Å²) in [6.07, 6.45) is 1.22. The Bertz CT molecular complexity index is 129. The second-order valence-corrected chi connectivity index (χ2v) is 8.20. The smallest absolute Gasteiger partial charge is 0.249 e. The van der Waals surface area contributed by atoms with Crippen LogP contribution in [0.4, 0.5) is 0 Å². The molecule has 0 rings (SSSR count). The monoisotopic (exact) mass is 163 g/mol. The van der Waals surface area contributed by atoms with Gasteiger partial charge in [-0.1, -0.05) is 6.58 Å². The van der Waals surface area contributed by atoms with E-state index in [1.165, 1.54) is 6.08 Å². The maximum atomic E-state index is 10.5. The molecule has 2 nitrogen and oxygen atoms in total. The third-order valence-electron chi connectivity index (χ3n) is 0.606. The predicted octanol–water partition coefficient (Wildman–Crippen LogP) is 1.23. The first-order valence-corrected chi connectivity index (χ1v) is 6.60. The summed E-state index contributed by atoms with van der Waals surface area (Å²) in [6.45, 7) is 6.95. The molecule has 1 N–H and O–H groups in total. The fourth-order valence-electron chi connectivity index (χ4n) is 0.344.